The Morgan fingerprint density at radius 3 is 2.88 bits per heavy atom. The summed E-state index contributed by atoms with van der Waals surface area (Å²) in [7, 11) is 0. The smallest absolute Gasteiger partial charge is 0.306 e. The molecule has 2 aromatic heterocycles. The normalized spacial score (nSPS) is 17.3. The van der Waals surface area contributed by atoms with Gasteiger partial charge in [0.1, 0.15) is 0 Å². The van der Waals surface area contributed by atoms with Crippen molar-refractivity contribution in [1.29, 1.82) is 0 Å². The molecule has 7 heteroatoms. The van der Waals surface area contributed by atoms with Crippen molar-refractivity contribution in [1.82, 2.24) is 15.2 Å². The monoisotopic (exact) mass is 387 g/mol. The zero-order chi connectivity index (χ0) is 18.3. The molecule has 1 unspecified atom stereocenters. The van der Waals surface area contributed by atoms with Gasteiger partial charge in [0.2, 0.25) is 0 Å². The highest BCUT2D eigenvalue weighted by Gasteiger charge is 2.24. The number of rotatable bonds is 3. The minimum Gasteiger partial charge on any atom is -0.481 e. The predicted molar refractivity (Wildman–Crippen MR) is 102 cm³/mol. The molecule has 4 rings (SSSR count). The number of halogens is 2. The minimum atomic E-state index is -0.771. The van der Waals surface area contributed by atoms with E-state index in [1.165, 1.54) is 0 Å². The Balaban J connectivity index is 1.92. The van der Waals surface area contributed by atoms with Crippen molar-refractivity contribution in [3.8, 4) is 11.1 Å². The van der Waals surface area contributed by atoms with Gasteiger partial charge in [-0.1, -0.05) is 35.3 Å². The fourth-order valence-corrected chi connectivity index (χ4v) is 3.72. The summed E-state index contributed by atoms with van der Waals surface area (Å²) in [6, 6.07) is 5.60. The minimum absolute atomic E-state index is 0.389. The van der Waals surface area contributed by atoms with Gasteiger partial charge in [-0.25, -0.2) is 4.98 Å². The molecule has 0 spiro atoms. The fourth-order valence-electron chi connectivity index (χ4n) is 3.36. The molecule has 2 heterocycles. The topological polar surface area (TPSA) is 78.9 Å². The quantitative estimate of drug-likeness (QED) is 0.647. The second-order valence-corrected chi connectivity index (χ2v) is 7.13. The molecule has 0 aliphatic heterocycles. The molecule has 132 valence electrons. The van der Waals surface area contributed by atoms with E-state index in [0.29, 0.717) is 28.4 Å². The van der Waals surface area contributed by atoms with E-state index in [1.807, 2.05) is 12.1 Å². The lowest BCUT2D eigenvalue weighted by molar-refractivity contribution is -0.141. The maximum Gasteiger partial charge on any atom is 0.306 e. The van der Waals surface area contributed by atoms with Crippen LogP contribution in [-0.2, 0) is 4.79 Å². The number of nitrogens with zero attached hydrogens (tertiary/aromatic N) is 2. The summed E-state index contributed by atoms with van der Waals surface area (Å²) in [5, 5.41) is 17.9. The third-order valence-electron chi connectivity index (χ3n) is 4.73. The maximum absolute atomic E-state index is 11.4. The van der Waals surface area contributed by atoms with Gasteiger partial charge in [0.05, 0.1) is 33.4 Å². The number of H-pyrrole nitrogens is 1. The van der Waals surface area contributed by atoms with Crippen LogP contribution >= 0.6 is 23.2 Å². The van der Waals surface area contributed by atoms with Crippen molar-refractivity contribution in [2.24, 2.45) is 5.92 Å². The first-order valence-corrected chi connectivity index (χ1v) is 9.00. The Morgan fingerprint density at radius 2 is 2.15 bits per heavy atom. The van der Waals surface area contributed by atoms with Crippen molar-refractivity contribution in [3.05, 3.63) is 52.4 Å². The summed E-state index contributed by atoms with van der Waals surface area (Å²) in [5.74, 6) is -1.16. The Labute approximate surface area is 159 Å². The number of hydrogen-bond acceptors (Lipinski definition) is 3. The molecule has 0 fully saturated rings. The van der Waals surface area contributed by atoms with Gasteiger partial charge in [0.25, 0.3) is 0 Å². The van der Waals surface area contributed by atoms with E-state index in [1.54, 1.807) is 18.5 Å². The van der Waals surface area contributed by atoms with Crippen molar-refractivity contribution in [2.75, 3.05) is 0 Å². The maximum atomic E-state index is 11.4. The number of hydrogen-bond donors (Lipinski definition) is 2. The first-order valence-electron chi connectivity index (χ1n) is 8.24. The van der Waals surface area contributed by atoms with Crippen LogP contribution in [0.5, 0.6) is 0 Å². The Morgan fingerprint density at radius 1 is 1.31 bits per heavy atom. The van der Waals surface area contributed by atoms with Crippen LogP contribution in [0.4, 0.5) is 0 Å². The summed E-state index contributed by atoms with van der Waals surface area (Å²) in [6.07, 6.45) is 7.42. The molecule has 3 aromatic rings. The van der Waals surface area contributed by atoms with Crippen molar-refractivity contribution >= 4 is 45.6 Å². The van der Waals surface area contributed by atoms with Crippen LogP contribution in [0.3, 0.4) is 0 Å². The van der Waals surface area contributed by atoms with E-state index in [4.69, 9.17) is 28.2 Å². The van der Waals surface area contributed by atoms with Gasteiger partial charge in [-0.15, -0.1) is 0 Å². The molecular formula is C19H15Cl2N3O2. The molecule has 1 aliphatic rings. The number of carboxylic acid groups (broad SMARTS) is 1. The van der Waals surface area contributed by atoms with E-state index in [-0.39, 0.29) is 5.92 Å². The molecule has 1 aliphatic carbocycles. The first-order chi connectivity index (χ1) is 12.5. The number of fused-ring (bicyclic) bond motifs is 1. The largest absolute Gasteiger partial charge is 0.481 e. The van der Waals surface area contributed by atoms with E-state index in [9.17, 15) is 9.90 Å². The molecule has 5 nitrogen and oxygen atoms in total. The van der Waals surface area contributed by atoms with Crippen LogP contribution in [0.2, 0.25) is 10.0 Å². The van der Waals surface area contributed by atoms with Crippen LogP contribution in [0.1, 0.15) is 25.0 Å². The molecule has 0 saturated heterocycles. The van der Waals surface area contributed by atoms with E-state index in [0.717, 1.165) is 34.2 Å². The summed E-state index contributed by atoms with van der Waals surface area (Å²) < 4.78 is 0. The number of allylic oxidation sites excluding steroid dienone is 2. The zero-order valence-corrected chi connectivity index (χ0v) is 15.2. The van der Waals surface area contributed by atoms with Crippen molar-refractivity contribution < 1.29 is 9.90 Å². The zero-order valence-electron chi connectivity index (χ0n) is 13.7. The van der Waals surface area contributed by atoms with Gasteiger partial charge in [0.15, 0.2) is 0 Å². The van der Waals surface area contributed by atoms with Crippen LogP contribution < -0.4 is 0 Å². The third-order valence-corrected chi connectivity index (χ3v) is 5.53. The number of carbonyl (C=O) groups is 1. The molecule has 1 atom stereocenters. The second kappa shape index (κ2) is 6.74. The fraction of sp³-hybridized carbons (Fsp3) is 0.211. The lowest BCUT2D eigenvalue weighted by Crippen LogP contribution is -2.17. The Kier molecular flexibility index (Phi) is 4.42. The van der Waals surface area contributed by atoms with E-state index in [2.05, 4.69) is 16.3 Å². The second-order valence-electron chi connectivity index (χ2n) is 6.35. The molecule has 26 heavy (non-hydrogen) atoms. The van der Waals surface area contributed by atoms with Gasteiger partial charge in [0, 0.05) is 17.1 Å². The van der Waals surface area contributed by atoms with Gasteiger partial charge in [-0.05, 0) is 42.5 Å². The summed E-state index contributed by atoms with van der Waals surface area (Å²) in [4.78, 5) is 16.1. The number of aliphatic carboxylic acids is 1. The average Bonchev–Trinajstić information content (AvgIpc) is 3.18. The Hall–Kier alpha value is -2.37. The van der Waals surface area contributed by atoms with Crippen molar-refractivity contribution in [2.45, 2.75) is 19.3 Å². The lowest BCUT2D eigenvalue weighted by Gasteiger charge is -2.20. The molecule has 0 saturated carbocycles. The average molecular weight is 388 g/mol. The molecule has 2 N–H and O–H groups in total. The van der Waals surface area contributed by atoms with Gasteiger partial charge >= 0.3 is 5.97 Å². The van der Waals surface area contributed by atoms with Crippen LogP contribution in [0.25, 0.3) is 27.6 Å². The van der Waals surface area contributed by atoms with Crippen LogP contribution in [-0.4, -0.2) is 26.3 Å². The summed E-state index contributed by atoms with van der Waals surface area (Å²) in [6.45, 7) is 0. The van der Waals surface area contributed by atoms with Gasteiger partial charge < -0.3 is 5.11 Å². The van der Waals surface area contributed by atoms with Crippen molar-refractivity contribution in [3.63, 3.8) is 0 Å². The lowest BCUT2D eigenvalue weighted by atomic mass is 9.86. The number of benzene rings is 1. The number of pyridine rings is 1. The molecule has 1 aromatic carbocycles. The molecular weight excluding hydrogens is 373 g/mol. The number of carboxylic acids is 1. The Bertz CT molecular complexity index is 1030. The van der Waals surface area contributed by atoms with Crippen LogP contribution in [0.15, 0.2) is 36.7 Å². The van der Waals surface area contributed by atoms with Gasteiger partial charge in [-0.2, -0.15) is 5.10 Å². The predicted octanol–water partition coefficient (Wildman–Crippen LogP) is 5.20. The summed E-state index contributed by atoms with van der Waals surface area (Å²) >= 11 is 12.6. The van der Waals surface area contributed by atoms with E-state index >= 15 is 0 Å². The van der Waals surface area contributed by atoms with E-state index < -0.39 is 5.97 Å². The van der Waals surface area contributed by atoms with Crippen LogP contribution in [0, 0.1) is 5.92 Å². The highest BCUT2D eigenvalue weighted by molar-refractivity contribution is 6.45. The molecule has 0 amide bonds. The molecule has 0 radical (unpaired) electrons. The summed E-state index contributed by atoms with van der Waals surface area (Å²) in [5.41, 5.74) is 4.08. The third kappa shape index (κ3) is 2.97. The molecule has 0 bridgehead atoms. The first kappa shape index (κ1) is 17.1. The highest BCUT2D eigenvalue weighted by Crippen LogP contribution is 2.38. The standard InChI is InChI=1S/C19H15Cl2N3O2/c20-15-5-4-13-14(12-8-22-23-9-12)7-16(24-18(13)17(15)21)10-2-1-3-11(6-10)19(25)26/h2,4-5,7-9,11H,1,3,6H2,(H,22,23)(H,25,26). The number of aromatic amines is 1. The van der Waals surface area contributed by atoms with Gasteiger partial charge in [-0.3, -0.25) is 9.89 Å². The number of aromatic nitrogens is 3. The number of nitrogens with one attached hydrogen (secondary N) is 1. The highest BCUT2D eigenvalue weighted by atomic mass is 35.5. The SMILES string of the molecule is O=C(O)C1CCC=C(c2cc(-c3cn[nH]c3)c3ccc(Cl)c(Cl)c3n2)C1.